The van der Waals surface area contributed by atoms with Crippen molar-refractivity contribution in [3.8, 4) is 5.75 Å². The molecule has 0 radical (unpaired) electrons. The predicted octanol–water partition coefficient (Wildman–Crippen LogP) is 5.11. The first-order valence-corrected chi connectivity index (χ1v) is 8.56. The first-order chi connectivity index (χ1) is 12.3. The molecule has 0 amide bonds. The van der Waals surface area contributed by atoms with Gasteiger partial charge in [0.2, 0.25) is 0 Å². The lowest BCUT2D eigenvalue weighted by atomic mass is 10.1. The molecule has 0 heterocycles. The molecule has 1 atom stereocenters. The quantitative estimate of drug-likeness (QED) is 0.619. The Kier molecular flexibility index (Phi) is 6.90. The third kappa shape index (κ3) is 5.66. The summed E-state index contributed by atoms with van der Waals surface area (Å²) in [6, 6.07) is 10.1. The molecular weight excluding hydrogens is 415 g/mol. The van der Waals surface area contributed by atoms with Gasteiger partial charge in [0, 0.05) is 4.47 Å². The Morgan fingerprint density at radius 2 is 1.88 bits per heavy atom. The number of halogens is 4. The molecule has 0 saturated carbocycles. The third-order valence-electron chi connectivity index (χ3n) is 3.35. The SMILES string of the molecule is CCOC(=O)COc1cc(Br)ccc1NC(c1ccccc1)C(F)(F)F. The minimum atomic E-state index is -4.52. The van der Waals surface area contributed by atoms with Crippen molar-refractivity contribution >= 4 is 27.6 Å². The van der Waals surface area contributed by atoms with Gasteiger partial charge in [-0.1, -0.05) is 46.3 Å². The molecule has 0 saturated heterocycles. The zero-order valence-corrected chi connectivity index (χ0v) is 15.4. The van der Waals surface area contributed by atoms with Gasteiger partial charge in [-0.2, -0.15) is 13.2 Å². The van der Waals surface area contributed by atoms with Gasteiger partial charge in [0.25, 0.3) is 0 Å². The number of hydrogen-bond donors (Lipinski definition) is 1. The van der Waals surface area contributed by atoms with E-state index in [-0.39, 0.29) is 23.6 Å². The summed E-state index contributed by atoms with van der Waals surface area (Å²) < 4.78 is 51.3. The molecule has 1 unspecified atom stereocenters. The fraction of sp³-hybridized carbons (Fsp3) is 0.278. The fourth-order valence-electron chi connectivity index (χ4n) is 2.23. The van der Waals surface area contributed by atoms with E-state index in [0.29, 0.717) is 4.47 Å². The van der Waals surface area contributed by atoms with Crippen LogP contribution in [0.25, 0.3) is 0 Å². The number of rotatable bonds is 7. The van der Waals surface area contributed by atoms with Gasteiger partial charge in [0.15, 0.2) is 6.61 Å². The van der Waals surface area contributed by atoms with E-state index in [1.54, 1.807) is 19.1 Å². The van der Waals surface area contributed by atoms with Gasteiger partial charge < -0.3 is 14.8 Å². The number of nitrogens with one attached hydrogen (secondary N) is 1. The standard InChI is InChI=1S/C18H17BrF3NO3/c1-2-25-16(24)11-26-15-10-13(19)8-9-14(15)23-17(18(20,21)22)12-6-4-3-5-7-12/h3-10,17,23H,2,11H2,1H3. The lowest BCUT2D eigenvalue weighted by molar-refractivity contribution is -0.146. The predicted molar refractivity (Wildman–Crippen MR) is 95.1 cm³/mol. The normalized spacial score (nSPS) is 12.3. The van der Waals surface area contributed by atoms with Crippen LogP contribution in [0.15, 0.2) is 53.0 Å². The Bertz CT molecular complexity index is 738. The van der Waals surface area contributed by atoms with Crippen LogP contribution in [-0.4, -0.2) is 25.4 Å². The van der Waals surface area contributed by atoms with E-state index in [1.165, 1.54) is 36.4 Å². The van der Waals surface area contributed by atoms with Crippen molar-refractivity contribution in [3.05, 3.63) is 58.6 Å². The Morgan fingerprint density at radius 1 is 1.19 bits per heavy atom. The molecule has 140 valence electrons. The van der Waals surface area contributed by atoms with E-state index in [2.05, 4.69) is 21.2 Å². The molecule has 8 heteroatoms. The average molecular weight is 432 g/mol. The summed E-state index contributed by atoms with van der Waals surface area (Å²) in [5.41, 5.74) is 0.183. The third-order valence-corrected chi connectivity index (χ3v) is 3.85. The van der Waals surface area contributed by atoms with Crippen LogP contribution in [0.3, 0.4) is 0 Å². The van der Waals surface area contributed by atoms with Crippen molar-refractivity contribution in [1.82, 2.24) is 0 Å². The van der Waals surface area contributed by atoms with Crippen LogP contribution >= 0.6 is 15.9 Å². The minimum absolute atomic E-state index is 0.0688. The highest BCUT2D eigenvalue weighted by Gasteiger charge is 2.41. The lowest BCUT2D eigenvalue weighted by Crippen LogP contribution is -2.28. The highest BCUT2D eigenvalue weighted by atomic mass is 79.9. The largest absolute Gasteiger partial charge is 0.480 e. The number of carbonyl (C=O) groups is 1. The summed E-state index contributed by atoms with van der Waals surface area (Å²) in [5.74, 6) is -0.494. The Morgan fingerprint density at radius 3 is 2.50 bits per heavy atom. The highest BCUT2D eigenvalue weighted by molar-refractivity contribution is 9.10. The molecule has 4 nitrogen and oxygen atoms in total. The summed E-state index contributed by atoms with van der Waals surface area (Å²) in [5, 5.41) is 2.46. The Balaban J connectivity index is 2.27. The van der Waals surface area contributed by atoms with Crippen LogP contribution in [0.4, 0.5) is 18.9 Å². The van der Waals surface area contributed by atoms with Crippen molar-refractivity contribution in [3.63, 3.8) is 0 Å². The van der Waals surface area contributed by atoms with Crippen LogP contribution in [-0.2, 0) is 9.53 Å². The fourth-order valence-corrected chi connectivity index (χ4v) is 2.57. The molecule has 0 aromatic heterocycles. The molecule has 0 aliphatic carbocycles. The summed E-state index contributed by atoms with van der Waals surface area (Å²) in [4.78, 5) is 11.5. The summed E-state index contributed by atoms with van der Waals surface area (Å²) in [6.45, 7) is 1.44. The molecule has 26 heavy (non-hydrogen) atoms. The van der Waals surface area contributed by atoms with E-state index in [0.717, 1.165) is 0 Å². The number of esters is 1. The molecular formula is C18H17BrF3NO3. The second-order valence-corrected chi connectivity index (χ2v) is 6.18. The van der Waals surface area contributed by atoms with Crippen LogP contribution in [0.1, 0.15) is 18.5 Å². The zero-order valence-electron chi connectivity index (χ0n) is 13.8. The zero-order chi connectivity index (χ0) is 19.2. The van der Waals surface area contributed by atoms with E-state index < -0.39 is 24.8 Å². The second kappa shape index (κ2) is 8.93. The number of benzene rings is 2. The maximum absolute atomic E-state index is 13.5. The van der Waals surface area contributed by atoms with Crippen molar-refractivity contribution in [2.45, 2.75) is 19.1 Å². The number of alkyl halides is 3. The minimum Gasteiger partial charge on any atom is -0.480 e. The van der Waals surface area contributed by atoms with Crippen molar-refractivity contribution in [1.29, 1.82) is 0 Å². The van der Waals surface area contributed by atoms with Gasteiger partial charge in [0.05, 0.1) is 12.3 Å². The number of anilines is 1. The smallest absolute Gasteiger partial charge is 0.412 e. The van der Waals surface area contributed by atoms with Crippen molar-refractivity contribution in [2.75, 3.05) is 18.5 Å². The summed E-state index contributed by atoms with van der Waals surface area (Å²) >= 11 is 3.24. The van der Waals surface area contributed by atoms with E-state index >= 15 is 0 Å². The molecule has 2 rings (SSSR count). The van der Waals surface area contributed by atoms with Gasteiger partial charge in [-0.05, 0) is 30.7 Å². The maximum Gasteiger partial charge on any atom is 0.412 e. The molecule has 2 aromatic carbocycles. The van der Waals surface area contributed by atoms with Crippen molar-refractivity contribution in [2.24, 2.45) is 0 Å². The molecule has 2 aromatic rings. The first-order valence-electron chi connectivity index (χ1n) is 7.77. The first kappa shape index (κ1) is 20.1. The van der Waals surface area contributed by atoms with Crippen LogP contribution < -0.4 is 10.1 Å². The number of ether oxygens (including phenoxy) is 2. The second-order valence-electron chi connectivity index (χ2n) is 5.26. The molecule has 1 N–H and O–H groups in total. The molecule has 0 spiro atoms. The number of carbonyl (C=O) groups excluding carboxylic acids is 1. The summed E-state index contributed by atoms with van der Waals surface area (Å²) in [7, 11) is 0. The molecule has 0 aliphatic rings. The van der Waals surface area contributed by atoms with Gasteiger partial charge in [-0.3, -0.25) is 0 Å². The van der Waals surface area contributed by atoms with Gasteiger partial charge in [0.1, 0.15) is 11.8 Å². The highest BCUT2D eigenvalue weighted by Crippen LogP contribution is 2.38. The average Bonchev–Trinajstić information content (AvgIpc) is 2.59. The Hall–Kier alpha value is -2.22. The van der Waals surface area contributed by atoms with Crippen LogP contribution in [0.2, 0.25) is 0 Å². The monoisotopic (exact) mass is 431 g/mol. The molecule has 0 aliphatic heterocycles. The van der Waals surface area contributed by atoms with Crippen LogP contribution in [0, 0.1) is 0 Å². The van der Waals surface area contributed by atoms with Crippen molar-refractivity contribution < 1.29 is 27.4 Å². The lowest BCUT2D eigenvalue weighted by Gasteiger charge is -2.24. The number of hydrogen-bond acceptors (Lipinski definition) is 4. The van der Waals surface area contributed by atoms with E-state index in [4.69, 9.17) is 9.47 Å². The Labute approximate surface area is 157 Å². The van der Waals surface area contributed by atoms with E-state index in [1.807, 2.05) is 0 Å². The van der Waals surface area contributed by atoms with E-state index in [9.17, 15) is 18.0 Å². The van der Waals surface area contributed by atoms with Gasteiger partial charge in [-0.25, -0.2) is 4.79 Å². The van der Waals surface area contributed by atoms with Crippen LogP contribution in [0.5, 0.6) is 5.75 Å². The maximum atomic E-state index is 13.5. The van der Waals surface area contributed by atoms with Gasteiger partial charge in [-0.15, -0.1) is 0 Å². The molecule has 0 fully saturated rings. The molecule has 0 bridgehead atoms. The topological polar surface area (TPSA) is 47.6 Å². The van der Waals surface area contributed by atoms with Gasteiger partial charge >= 0.3 is 12.1 Å². The summed E-state index contributed by atoms with van der Waals surface area (Å²) in [6.07, 6.45) is -4.52.